The summed E-state index contributed by atoms with van der Waals surface area (Å²) in [5.41, 5.74) is 12.6. The van der Waals surface area contributed by atoms with Crippen LogP contribution in [0.5, 0.6) is 0 Å². The number of carbonyl (C=O) groups is 1. The maximum Gasteiger partial charge on any atom is 0.257 e. The van der Waals surface area contributed by atoms with Crippen LogP contribution in [0.15, 0.2) is 42.5 Å². The molecule has 1 amide bonds. The van der Waals surface area contributed by atoms with Gasteiger partial charge in [-0.2, -0.15) is 0 Å². The van der Waals surface area contributed by atoms with Crippen molar-refractivity contribution in [3.05, 3.63) is 59.2 Å². The summed E-state index contributed by atoms with van der Waals surface area (Å²) in [4.78, 5) is 22.7. The van der Waals surface area contributed by atoms with Crippen LogP contribution in [0.1, 0.15) is 41.8 Å². The van der Waals surface area contributed by atoms with Crippen LogP contribution >= 0.6 is 0 Å². The van der Waals surface area contributed by atoms with Crippen molar-refractivity contribution in [3.8, 4) is 5.69 Å². The molecule has 148 valence electrons. The van der Waals surface area contributed by atoms with Crippen molar-refractivity contribution in [2.45, 2.75) is 40.2 Å². The zero-order valence-corrected chi connectivity index (χ0v) is 17.2. The largest absolute Gasteiger partial charge is 0.384 e. The van der Waals surface area contributed by atoms with Gasteiger partial charge in [-0.05, 0) is 56.5 Å². The molecule has 29 heavy (non-hydrogen) atoms. The number of fused-ring (bicyclic) bond motifs is 2. The molecule has 0 bridgehead atoms. The van der Waals surface area contributed by atoms with Crippen LogP contribution in [0, 0.1) is 13.8 Å². The summed E-state index contributed by atoms with van der Waals surface area (Å²) >= 11 is 0. The molecule has 0 aliphatic carbocycles. The number of aryl methyl sites for hydroxylation is 2. The Hall–Kier alpha value is -3.41. The highest BCUT2D eigenvalue weighted by Gasteiger charge is 2.26. The van der Waals surface area contributed by atoms with E-state index in [1.165, 1.54) is 0 Å². The van der Waals surface area contributed by atoms with Gasteiger partial charge in [0, 0.05) is 6.04 Å². The summed E-state index contributed by atoms with van der Waals surface area (Å²) in [5.74, 6) is 0.125. The summed E-state index contributed by atoms with van der Waals surface area (Å²) in [6.07, 6.45) is 0.829. The topological polar surface area (TPSA) is 85.8 Å². The Morgan fingerprint density at radius 1 is 1.14 bits per heavy atom. The Labute approximate surface area is 169 Å². The highest BCUT2D eigenvalue weighted by molar-refractivity contribution is 6.11. The highest BCUT2D eigenvalue weighted by atomic mass is 16.1. The molecule has 0 saturated heterocycles. The van der Waals surface area contributed by atoms with E-state index in [0.717, 1.165) is 34.3 Å². The molecule has 0 aliphatic heterocycles. The molecule has 2 aromatic heterocycles. The number of nitrogens with one attached hydrogen (secondary N) is 1. The Morgan fingerprint density at radius 3 is 2.52 bits per heavy atom. The second-order valence-electron chi connectivity index (χ2n) is 7.55. The van der Waals surface area contributed by atoms with E-state index >= 15 is 0 Å². The van der Waals surface area contributed by atoms with Crippen LogP contribution in [0.3, 0.4) is 0 Å². The predicted molar refractivity (Wildman–Crippen MR) is 117 cm³/mol. The molecule has 2 aromatic carbocycles. The molecule has 6 heteroatoms. The van der Waals surface area contributed by atoms with Gasteiger partial charge in [0.05, 0.1) is 16.7 Å². The fourth-order valence-electron chi connectivity index (χ4n) is 3.49. The lowest BCUT2D eigenvalue weighted by Gasteiger charge is -2.13. The van der Waals surface area contributed by atoms with E-state index in [1.807, 2.05) is 62.6 Å². The maximum atomic E-state index is 13.1. The van der Waals surface area contributed by atoms with Crippen molar-refractivity contribution in [2.75, 3.05) is 5.73 Å². The maximum absolute atomic E-state index is 13.1. The van der Waals surface area contributed by atoms with E-state index in [0.29, 0.717) is 22.5 Å². The first kappa shape index (κ1) is 18.9. The number of amides is 1. The van der Waals surface area contributed by atoms with E-state index < -0.39 is 0 Å². The van der Waals surface area contributed by atoms with Gasteiger partial charge >= 0.3 is 0 Å². The number of anilines is 1. The van der Waals surface area contributed by atoms with E-state index in [4.69, 9.17) is 15.7 Å². The molecular weight excluding hydrogens is 362 g/mol. The van der Waals surface area contributed by atoms with Crippen molar-refractivity contribution in [3.63, 3.8) is 0 Å². The lowest BCUT2D eigenvalue weighted by atomic mass is 10.1. The number of nitrogen functional groups attached to an aromatic ring is 1. The summed E-state index contributed by atoms with van der Waals surface area (Å²) in [7, 11) is 0. The first-order valence-electron chi connectivity index (χ1n) is 9.85. The van der Waals surface area contributed by atoms with Crippen LogP contribution < -0.4 is 11.1 Å². The van der Waals surface area contributed by atoms with Gasteiger partial charge in [0.25, 0.3) is 5.91 Å². The molecule has 0 radical (unpaired) electrons. The zero-order chi connectivity index (χ0) is 20.7. The van der Waals surface area contributed by atoms with Gasteiger partial charge in [0.15, 0.2) is 5.65 Å². The SMILES string of the molecule is CCC(C)NC(=O)c1c(N)n(-c2cc(C)ccc2C)c2nc3ccccc3nc12. The smallest absolute Gasteiger partial charge is 0.257 e. The Kier molecular flexibility index (Phi) is 4.70. The number of para-hydroxylation sites is 2. The van der Waals surface area contributed by atoms with E-state index in [9.17, 15) is 4.79 Å². The lowest BCUT2D eigenvalue weighted by Crippen LogP contribution is -2.32. The Bertz CT molecular complexity index is 1240. The molecule has 1 atom stereocenters. The van der Waals surface area contributed by atoms with E-state index in [1.54, 1.807) is 0 Å². The normalized spacial score (nSPS) is 12.4. The number of hydrogen-bond donors (Lipinski definition) is 2. The van der Waals surface area contributed by atoms with Crippen LogP contribution in [0.2, 0.25) is 0 Å². The third kappa shape index (κ3) is 3.20. The first-order chi connectivity index (χ1) is 13.9. The molecule has 4 rings (SSSR count). The third-order valence-corrected chi connectivity index (χ3v) is 5.32. The van der Waals surface area contributed by atoms with Crippen LogP contribution in [-0.2, 0) is 0 Å². The number of aromatic nitrogens is 3. The molecule has 2 heterocycles. The minimum absolute atomic E-state index is 0.0365. The highest BCUT2D eigenvalue weighted by Crippen LogP contribution is 2.32. The molecule has 6 nitrogen and oxygen atoms in total. The lowest BCUT2D eigenvalue weighted by molar-refractivity contribution is 0.0941. The van der Waals surface area contributed by atoms with Crippen molar-refractivity contribution in [2.24, 2.45) is 0 Å². The molecular formula is C23H25N5O. The number of benzene rings is 2. The molecule has 0 aliphatic rings. The van der Waals surface area contributed by atoms with E-state index in [2.05, 4.69) is 17.4 Å². The van der Waals surface area contributed by atoms with Crippen LogP contribution in [-0.4, -0.2) is 26.5 Å². The molecule has 0 saturated carbocycles. The average Bonchev–Trinajstić information content (AvgIpc) is 2.98. The second-order valence-corrected chi connectivity index (χ2v) is 7.55. The molecule has 1 unspecified atom stereocenters. The predicted octanol–water partition coefficient (Wildman–Crippen LogP) is 4.30. The third-order valence-electron chi connectivity index (χ3n) is 5.32. The van der Waals surface area contributed by atoms with Crippen molar-refractivity contribution in [1.29, 1.82) is 0 Å². The Morgan fingerprint density at radius 2 is 1.83 bits per heavy atom. The first-order valence-corrected chi connectivity index (χ1v) is 9.85. The average molecular weight is 387 g/mol. The minimum atomic E-state index is -0.226. The van der Waals surface area contributed by atoms with Gasteiger partial charge in [-0.3, -0.25) is 9.36 Å². The summed E-state index contributed by atoms with van der Waals surface area (Å²) in [6.45, 7) is 8.05. The quantitative estimate of drug-likeness (QED) is 0.547. The molecule has 4 aromatic rings. The number of rotatable bonds is 4. The van der Waals surface area contributed by atoms with Crippen molar-refractivity contribution in [1.82, 2.24) is 19.9 Å². The van der Waals surface area contributed by atoms with Crippen LogP contribution in [0.25, 0.3) is 27.9 Å². The van der Waals surface area contributed by atoms with Crippen molar-refractivity contribution < 1.29 is 4.79 Å². The standard InChI is InChI=1S/C23H25N5O/c1-5-15(4)25-23(29)19-20-22(27-17-9-7-6-8-16(17)26-20)28(21(19)24)18-12-13(2)10-11-14(18)3/h6-12,15H,5,24H2,1-4H3,(H,25,29). The second kappa shape index (κ2) is 7.20. The minimum Gasteiger partial charge on any atom is -0.384 e. The molecule has 0 fully saturated rings. The van der Waals surface area contributed by atoms with Gasteiger partial charge in [-0.1, -0.05) is 31.2 Å². The van der Waals surface area contributed by atoms with Gasteiger partial charge in [-0.25, -0.2) is 9.97 Å². The number of hydrogen-bond acceptors (Lipinski definition) is 4. The Balaban J connectivity index is 2.07. The van der Waals surface area contributed by atoms with E-state index in [-0.39, 0.29) is 11.9 Å². The summed E-state index contributed by atoms with van der Waals surface area (Å²) in [6, 6.07) is 13.8. The molecule has 3 N–H and O–H groups in total. The van der Waals surface area contributed by atoms with Gasteiger partial charge in [-0.15, -0.1) is 0 Å². The van der Waals surface area contributed by atoms with Crippen molar-refractivity contribution >= 4 is 33.9 Å². The number of carbonyl (C=O) groups excluding carboxylic acids is 1. The fourth-order valence-corrected chi connectivity index (χ4v) is 3.49. The van der Waals surface area contributed by atoms with Gasteiger partial charge in [0.2, 0.25) is 0 Å². The van der Waals surface area contributed by atoms with Crippen LogP contribution in [0.4, 0.5) is 5.82 Å². The monoisotopic (exact) mass is 387 g/mol. The zero-order valence-electron chi connectivity index (χ0n) is 17.2. The fraction of sp³-hybridized carbons (Fsp3) is 0.261. The number of nitrogens with two attached hydrogens (primary N) is 1. The van der Waals surface area contributed by atoms with Gasteiger partial charge in [0.1, 0.15) is 16.9 Å². The van der Waals surface area contributed by atoms with Gasteiger partial charge < -0.3 is 11.1 Å². The summed E-state index contributed by atoms with van der Waals surface area (Å²) in [5, 5.41) is 3.02. The summed E-state index contributed by atoms with van der Waals surface area (Å²) < 4.78 is 1.85. The number of nitrogens with zero attached hydrogens (tertiary/aromatic N) is 3. The molecule has 0 spiro atoms.